The van der Waals surface area contributed by atoms with Gasteiger partial charge in [0.25, 0.3) is 5.91 Å². The molecule has 0 aliphatic rings. The van der Waals surface area contributed by atoms with Crippen molar-refractivity contribution in [2.75, 3.05) is 12.4 Å². The van der Waals surface area contributed by atoms with Gasteiger partial charge in [0.15, 0.2) is 0 Å². The molecule has 6 heteroatoms. The van der Waals surface area contributed by atoms with E-state index in [9.17, 15) is 4.79 Å². The van der Waals surface area contributed by atoms with Gasteiger partial charge in [-0.15, -0.1) is 0 Å². The third-order valence-corrected chi connectivity index (χ3v) is 3.85. The average Bonchev–Trinajstić information content (AvgIpc) is 3.10. The Kier molecular flexibility index (Phi) is 3.35. The smallest absolute Gasteiger partial charge is 0.274 e. The number of pyridine rings is 1. The minimum Gasteiger partial charge on any atom is -0.497 e. The Hall–Kier alpha value is -3.41. The number of methoxy groups -OCH3 is 1. The van der Waals surface area contributed by atoms with Gasteiger partial charge in [0.1, 0.15) is 11.4 Å². The number of para-hydroxylation sites is 1. The number of aromatic nitrogens is 3. The first-order chi connectivity index (χ1) is 11.7. The maximum Gasteiger partial charge on any atom is 0.274 e. The molecule has 0 saturated heterocycles. The van der Waals surface area contributed by atoms with Crippen molar-refractivity contribution in [1.82, 2.24) is 15.2 Å². The molecule has 1 amide bonds. The number of hydrogen-bond donors (Lipinski definition) is 2. The number of nitrogens with zero attached hydrogens (tertiary/aromatic N) is 2. The van der Waals surface area contributed by atoms with Crippen LogP contribution in [0.4, 0.5) is 5.69 Å². The van der Waals surface area contributed by atoms with Gasteiger partial charge < -0.3 is 10.1 Å². The van der Waals surface area contributed by atoms with Gasteiger partial charge in [-0.25, -0.2) is 4.98 Å². The molecule has 0 spiro atoms. The molecular weight excluding hydrogens is 304 g/mol. The highest BCUT2D eigenvalue weighted by atomic mass is 16.5. The SMILES string of the molecule is COc1ccc2nc(C(=O)Nc3cccc4cn[nH]c34)ccc2c1. The standard InChI is InChI=1S/C18H14N4O2/c1-24-13-6-8-14-11(9-13)5-7-16(20-14)18(23)21-15-4-2-3-12-10-19-22-17(12)15/h2-10H,1H3,(H,19,22)(H,21,23). The van der Waals surface area contributed by atoms with Crippen LogP contribution in [0.25, 0.3) is 21.8 Å². The highest BCUT2D eigenvalue weighted by Gasteiger charge is 2.11. The summed E-state index contributed by atoms with van der Waals surface area (Å²) in [6.45, 7) is 0. The molecule has 2 N–H and O–H groups in total. The minimum absolute atomic E-state index is 0.269. The summed E-state index contributed by atoms with van der Waals surface area (Å²) in [5, 5.41) is 11.6. The average molecular weight is 318 g/mol. The second-order valence-electron chi connectivity index (χ2n) is 5.35. The van der Waals surface area contributed by atoms with Crippen molar-refractivity contribution in [3.63, 3.8) is 0 Å². The van der Waals surface area contributed by atoms with Crippen LogP contribution >= 0.6 is 0 Å². The summed E-state index contributed by atoms with van der Waals surface area (Å²) in [6, 6.07) is 14.7. The monoisotopic (exact) mass is 318 g/mol. The van der Waals surface area contributed by atoms with Crippen LogP contribution < -0.4 is 10.1 Å². The Morgan fingerprint density at radius 1 is 1.12 bits per heavy atom. The number of carbonyl (C=O) groups is 1. The fourth-order valence-corrected chi connectivity index (χ4v) is 2.62. The topological polar surface area (TPSA) is 79.9 Å². The predicted octanol–water partition coefficient (Wildman–Crippen LogP) is 3.37. The zero-order valence-corrected chi connectivity index (χ0v) is 12.9. The number of rotatable bonds is 3. The number of anilines is 1. The molecule has 24 heavy (non-hydrogen) atoms. The van der Waals surface area contributed by atoms with Gasteiger partial charge in [0.05, 0.1) is 30.0 Å². The Morgan fingerprint density at radius 2 is 2.04 bits per heavy atom. The molecule has 2 aromatic carbocycles. The summed E-state index contributed by atoms with van der Waals surface area (Å²) in [4.78, 5) is 16.9. The van der Waals surface area contributed by atoms with Crippen molar-refractivity contribution in [2.45, 2.75) is 0 Å². The lowest BCUT2D eigenvalue weighted by Crippen LogP contribution is -2.13. The zero-order chi connectivity index (χ0) is 16.5. The van der Waals surface area contributed by atoms with Crippen molar-refractivity contribution in [2.24, 2.45) is 0 Å². The normalized spacial score (nSPS) is 10.9. The summed E-state index contributed by atoms with van der Waals surface area (Å²) < 4.78 is 5.20. The largest absolute Gasteiger partial charge is 0.497 e. The molecule has 0 radical (unpaired) electrons. The van der Waals surface area contributed by atoms with Crippen molar-refractivity contribution >= 4 is 33.4 Å². The molecule has 118 valence electrons. The number of carbonyl (C=O) groups excluding carboxylic acids is 1. The zero-order valence-electron chi connectivity index (χ0n) is 12.9. The molecule has 0 unspecified atom stereocenters. The molecular formula is C18H14N4O2. The highest BCUT2D eigenvalue weighted by molar-refractivity contribution is 6.08. The summed E-state index contributed by atoms with van der Waals surface area (Å²) in [7, 11) is 1.62. The van der Waals surface area contributed by atoms with Gasteiger partial charge in [0, 0.05) is 10.8 Å². The molecule has 2 heterocycles. The van der Waals surface area contributed by atoms with Crippen LogP contribution in [0.2, 0.25) is 0 Å². The van der Waals surface area contributed by atoms with E-state index in [4.69, 9.17) is 4.74 Å². The van der Waals surface area contributed by atoms with E-state index < -0.39 is 0 Å². The molecule has 0 atom stereocenters. The molecule has 0 saturated carbocycles. The van der Waals surface area contributed by atoms with E-state index in [-0.39, 0.29) is 5.91 Å². The number of ether oxygens (including phenoxy) is 1. The van der Waals surface area contributed by atoms with Crippen molar-refractivity contribution in [3.05, 3.63) is 60.4 Å². The van der Waals surface area contributed by atoms with Crippen molar-refractivity contribution in [1.29, 1.82) is 0 Å². The third-order valence-electron chi connectivity index (χ3n) is 3.85. The van der Waals surface area contributed by atoms with Gasteiger partial charge in [-0.2, -0.15) is 5.10 Å². The van der Waals surface area contributed by atoms with E-state index in [2.05, 4.69) is 20.5 Å². The Balaban J connectivity index is 1.66. The van der Waals surface area contributed by atoms with E-state index in [1.54, 1.807) is 19.4 Å². The summed E-state index contributed by atoms with van der Waals surface area (Å²) in [5.41, 5.74) is 2.55. The van der Waals surface area contributed by atoms with Crippen LogP contribution in [0, 0.1) is 0 Å². The van der Waals surface area contributed by atoms with E-state index in [0.717, 1.165) is 27.6 Å². The quantitative estimate of drug-likeness (QED) is 0.607. The van der Waals surface area contributed by atoms with Gasteiger partial charge in [-0.05, 0) is 30.3 Å². The molecule has 2 aromatic heterocycles. The van der Waals surface area contributed by atoms with Gasteiger partial charge in [-0.3, -0.25) is 9.89 Å². The number of H-pyrrole nitrogens is 1. The third kappa shape index (κ3) is 2.44. The number of hydrogen-bond acceptors (Lipinski definition) is 4. The lowest BCUT2D eigenvalue weighted by Gasteiger charge is -2.07. The first-order valence-electron chi connectivity index (χ1n) is 7.43. The minimum atomic E-state index is -0.269. The van der Waals surface area contributed by atoms with E-state index in [1.165, 1.54) is 0 Å². The predicted molar refractivity (Wildman–Crippen MR) is 92.3 cm³/mol. The first-order valence-corrected chi connectivity index (χ1v) is 7.43. The number of aromatic amines is 1. The van der Waals surface area contributed by atoms with E-state index >= 15 is 0 Å². The fraction of sp³-hybridized carbons (Fsp3) is 0.0556. The summed E-state index contributed by atoms with van der Waals surface area (Å²) in [6.07, 6.45) is 1.71. The van der Waals surface area contributed by atoms with E-state index in [0.29, 0.717) is 11.4 Å². The Labute approximate surface area is 137 Å². The Bertz CT molecular complexity index is 1060. The number of nitrogens with one attached hydrogen (secondary N) is 2. The van der Waals surface area contributed by atoms with Crippen LogP contribution in [0.5, 0.6) is 5.75 Å². The van der Waals surface area contributed by atoms with E-state index in [1.807, 2.05) is 42.5 Å². The molecule has 0 aliphatic heterocycles. The lowest BCUT2D eigenvalue weighted by atomic mass is 10.2. The second kappa shape index (κ2) is 5.66. The van der Waals surface area contributed by atoms with Crippen LogP contribution in [-0.2, 0) is 0 Å². The highest BCUT2D eigenvalue weighted by Crippen LogP contribution is 2.22. The van der Waals surface area contributed by atoms with Crippen molar-refractivity contribution in [3.8, 4) is 5.75 Å². The molecule has 0 aliphatic carbocycles. The van der Waals surface area contributed by atoms with Gasteiger partial charge in [-0.1, -0.05) is 18.2 Å². The van der Waals surface area contributed by atoms with Crippen LogP contribution in [0.15, 0.2) is 54.7 Å². The van der Waals surface area contributed by atoms with Crippen LogP contribution in [0.1, 0.15) is 10.5 Å². The maximum atomic E-state index is 12.5. The van der Waals surface area contributed by atoms with Crippen molar-refractivity contribution < 1.29 is 9.53 Å². The maximum absolute atomic E-state index is 12.5. The fourth-order valence-electron chi connectivity index (χ4n) is 2.62. The molecule has 6 nitrogen and oxygen atoms in total. The Morgan fingerprint density at radius 3 is 2.92 bits per heavy atom. The first kappa shape index (κ1) is 14.2. The molecule has 4 rings (SSSR count). The van der Waals surface area contributed by atoms with Crippen LogP contribution in [-0.4, -0.2) is 28.2 Å². The molecule has 4 aromatic rings. The number of fused-ring (bicyclic) bond motifs is 2. The molecule has 0 fully saturated rings. The summed E-state index contributed by atoms with van der Waals surface area (Å²) in [5.74, 6) is 0.488. The van der Waals surface area contributed by atoms with Gasteiger partial charge >= 0.3 is 0 Å². The van der Waals surface area contributed by atoms with Crippen LogP contribution in [0.3, 0.4) is 0 Å². The second-order valence-corrected chi connectivity index (χ2v) is 5.35. The van der Waals surface area contributed by atoms with Gasteiger partial charge in [0.2, 0.25) is 0 Å². The number of amides is 1. The molecule has 0 bridgehead atoms. The lowest BCUT2D eigenvalue weighted by molar-refractivity contribution is 0.102. The number of benzene rings is 2. The summed E-state index contributed by atoms with van der Waals surface area (Å²) >= 11 is 0.